The first kappa shape index (κ1) is 18.8. The maximum absolute atomic E-state index is 12.5. The van der Waals surface area contributed by atoms with Gasteiger partial charge in [-0.3, -0.25) is 9.59 Å². The molecule has 0 bridgehead atoms. The van der Waals surface area contributed by atoms with Crippen LogP contribution in [-0.4, -0.2) is 23.0 Å². The molecule has 0 radical (unpaired) electrons. The molecule has 0 saturated heterocycles. The zero-order valence-corrected chi connectivity index (χ0v) is 14.8. The van der Waals surface area contributed by atoms with Gasteiger partial charge in [-0.25, -0.2) is 0 Å². The number of hydrogen-bond donors (Lipinski definition) is 2. The van der Waals surface area contributed by atoms with Crippen LogP contribution in [0.5, 0.6) is 5.75 Å². The van der Waals surface area contributed by atoms with Gasteiger partial charge < -0.3 is 15.2 Å². The van der Waals surface area contributed by atoms with Crippen molar-refractivity contribution in [3.63, 3.8) is 0 Å². The lowest BCUT2D eigenvalue weighted by molar-refractivity contribution is -0.141. The molecule has 0 aliphatic heterocycles. The van der Waals surface area contributed by atoms with E-state index in [2.05, 4.69) is 5.32 Å². The Bertz CT molecular complexity index is 745. The third-order valence-electron chi connectivity index (χ3n) is 3.94. The first-order valence-electron chi connectivity index (χ1n) is 7.88. The number of benzene rings is 2. The van der Waals surface area contributed by atoms with Crippen molar-refractivity contribution < 1.29 is 19.4 Å². The molecule has 5 nitrogen and oxygen atoms in total. The van der Waals surface area contributed by atoms with Crippen LogP contribution < -0.4 is 10.1 Å². The SMILES string of the molecule is CC(NC(=O)c1ccccc1OCc1ccc(Cl)cc1)C(C)C(=O)O. The molecule has 2 aromatic carbocycles. The fourth-order valence-electron chi connectivity index (χ4n) is 2.15. The van der Waals surface area contributed by atoms with Crippen molar-refractivity contribution in [2.24, 2.45) is 5.92 Å². The fraction of sp³-hybridized carbons (Fsp3) is 0.263. The number of halogens is 1. The van der Waals surface area contributed by atoms with Crippen molar-refractivity contribution >= 4 is 23.5 Å². The molecule has 0 aliphatic carbocycles. The van der Waals surface area contributed by atoms with Crippen molar-refractivity contribution in [2.45, 2.75) is 26.5 Å². The van der Waals surface area contributed by atoms with Gasteiger partial charge >= 0.3 is 5.97 Å². The predicted molar refractivity (Wildman–Crippen MR) is 96.0 cm³/mol. The van der Waals surface area contributed by atoms with Crippen molar-refractivity contribution in [3.8, 4) is 5.75 Å². The van der Waals surface area contributed by atoms with Crippen molar-refractivity contribution in [1.82, 2.24) is 5.32 Å². The molecule has 1 amide bonds. The molecule has 0 fully saturated rings. The van der Waals surface area contributed by atoms with Gasteiger partial charge in [-0.1, -0.05) is 35.9 Å². The minimum absolute atomic E-state index is 0.294. The summed E-state index contributed by atoms with van der Waals surface area (Å²) in [6, 6.07) is 13.6. The average molecular weight is 362 g/mol. The van der Waals surface area contributed by atoms with Crippen LogP contribution in [0.15, 0.2) is 48.5 Å². The van der Waals surface area contributed by atoms with Crippen LogP contribution in [0, 0.1) is 5.92 Å². The summed E-state index contributed by atoms with van der Waals surface area (Å²) in [6.45, 7) is 3.51. The van der Waals surface area contributed by atoms with E-state index in [0.717, 1.165) is 5.56 Å². The van der Waals surface area contributed by atoms with Crippen molar-refractivity contribution in [3.05, 3.63) is 64.7 Å². The smallest absolute Gasteiger partial charge is 0.308 e. The Morgan fingerprint density at radius 2 is 1.76 bits per heavy atom. The number of hydrogen-bond acceptors (Lipinski definition) is 3. The number of carboxylic acids is 1. The summed E-state index contributed by atoms with van der Waals surface area (Å²) < 4.78 is 5.75. The van der Waals surface area contributed by atoms with Crippen LogP contribution in [0.3, 0.4) is 0 Å². The van der Waals surface area contributed by atoms with Gasteiger partial charge in [-0.2, -0.15) is 0 Å². The maximum Gasteiger partial charge on any atom is 0.308 e. The Balaban J connectivity index is 2.07. The van der Waals surface area contributed by atoms with Crippen LogP contribution >= 0.6 is 11.6 Å². The predicted octanol–water partition coefficient (Wildman–Crippen LogP) is 3.76. The fourth-order valence-corrected chi connectivity index (χ4v) is 2.27. The van der Waals surface area contributed by atoms with E-state index in [-0.39, 0.29) is 5.91 Å². The van der Waals surface area contributed by atoms with Gasteiger partial charge in [-0.05, 0) is 43.7 Å². The first-order chi connectivity index (χ1) is 11.9. The Morgan fingerprint density at radius 3 is 2.40 bits per heavy atom. The minimum atomic E-state index is -0.958. The second-order valence-corrected chi connectivity index (χ2v) is 6.24. The molecule has 0 heterocycles. The van der Waals surface area contributed by atoms with Gasteiger partial charge in [0.2, 0.25) is 0 Å². The molecular formula is C19H20ClNO4. The number of rotatable bonds is 7. The Morgan fingerprint density at radius 1 is 1.12 bits per heavy atom. The van der Waals surface area contributed by atoms with Crippen molar-refractivity contribution in [1.29, 1.82) is 0 Å². The van der Waals surface area contributed by atoms with E-state index in [9.17, 15) is 9.59 Å². The Labute approximate surface area is 151 Å². The minimum Gasteiger partial charge on any atom is -0.488 e. The Hall–Kier alpha value is -2.53. The zero-order chi connectivity index (χ0) is 18.4. The van der Waals surface area contributed by atoms with Gasteiger partial charge in [0.25, 0.3) is 5.91 Å². The highest BCUT2D eigenvalue weighted by molar-refractivity contribution is 6.30. The molecule has 0 aliphatic rings. The van der Waals surface area contributed by atoms with Gasteiger partial charge in [-0.15, -0.1) is 0 Å². The second kappa shape index (κ2) is 8.53. The summed E-state index contributed by atoms with van der Waals surface area (Å²) in [6.07, 6.45) is 0. The number of para-hydroxylation sites is 1. The Kier molecular flexibility index (Phi) is 6.42. The summed E-state index contributed by atoms with van der Waals surface area (Å²) >= 11 is 5.86. The standard InChI is InChI=1S/C19H20ClNO4/c1-12(19(23)24)13(2)21-18(22)16-5-3-4-6-17(16)25-11-14-7-9-15(20)10-8-14/h3-10,12-13H,11H2,1-2H3,(H,21,22)(H,23,24). The molecule has 6 heteroatoms. The molecule has 2 aromatic rings. The third kappa shape index (κ3) is 5.22. The molecule has 25 heavy (non-hydrogen) atoms. The summed E-state index contributed by atoms with van der Waals surface area (Å²) in [5.74, 6) is -1.58. The van der Waals surface area contributed by atoms with Gasteiger partial charge in [0.1, 0.15) is 12.4 Å². The van der Waals surface area contributed by atoms with E-state index < -0.39 is 17.9 Å². The van der Waals surface area contributed by atoms with E-state index in [0.29, 0.717) is 22.9 Å². The van der Waals surface area contributed by atoms with Gasteiger partial charge in [0.15, 0.2) is 0 Å². The molecule has 2 unspecified atom stereocenters. The van der Waals surface area contributed by atoms with Crippen LogP contribution in [0.2, 0.25) is 5.02 Å². The number of carboxylic acid groups (broad SMARTS) is 1. The number of carbonyl (C=O) groups excluding carboxylic acids is 1. The monoisotopic (exact) mass is 361 g/mol. The summed E-state index contributed by atoms with van der Waals surface area (Å²) in [5, 5.41) is 12.4. The van der Waals surface area contributed by atoms with E-state index in [1.807, 2.05) is 12.1 Å². The zero-order valence-electron chi connectivity index (χ0n) is 14.0. The molecule has 132 valence electrons. The lowest BCUT2D eigenvalue weighted by atomic mass is 10.0. The third-order valence-corrected chi connectivity index (χ3v) is 4.19. The number of amides is 1. The second-order valence-electron chi connectivity index (χ2n) is 5.80. The lowest BCUT2D eigenvalue weighted by Crippen LogP contribution is -2.40. The highest BCUT2D eigenvalue weighted by atomic mass is 35.5. The quantitative estimate of drug-likeness (QED) is 0.787. The van der Waals surface area contributed by atoms with Gasteiger partial charge in [0.05, 0.1) is 11.5 Å². The topological polar surface area (TPSA) is 75.6 Å². The first-order valence-corrected chi connectivity index (χ1v) is 8.26. The van der Waals surface area contributed by atoms with Crippen molar-refractivity contribution in [2.75, 3.05) is 0 Å². The molecule has 2 atom stereocenters. The van der Waals surface area contributed by atoms with E-state index >= 15 is 0 Å². The van der Waals surface area contributed by atoms with E-state index in [1.54, 1.807) is 50.2 Å². The molecule has 0 spiro atoms. The highest BCUT2D eigenvalue weighted by Gasteiger charge is 2.22. The molecule has 0 aromatic heterocycles. The van der Waals surface area contributed by atoms with Crippen LogP contribution in [-0.2, 0) is 11.4 Å². The number of ether oxygens (including phenoxy) is 1. The number of carbonyl (C=O) groups is 2. The van der Waals surface area contributed by atoms with Crippen LogP contribution in [0.25, 0.3) is 0 Å². The van der Waals surface area contributed by atoms with E-state index in [1.165, 1.54) is 0 Å². The molecule has 2 rings (SSSR count). The number of nitrogens with one attached hydrogen (secondary N) is 1. The lowest BCUT2D eigenvalue weighted by Gasteiger charge is -2.19. The number of aliphatic carboxylic acids is 1. The highest BCUT2D eigenvalue weighted by Crippen LogP contribution is 2.20. The molecule has 0 saturated carbocycles. The maximum atomic E-state index is 12.5. The molecule has 2 N–H and O–H groups in total. The van der Waals surface area contributed by atoms with Gasteiger partial charge in [0, 0.05) is 11.1 Å². The van der Waals surface area contributed by atoms with Crippen LogP contribution in [0.4, 0.5) is 0 Å². The summed E-state index contributed by atoms with van der Waals surface area (Å²) in [4.78, 5) is 23.5. The van der Waals surface area contributed by atoms with E-state index in [4.69, 9.17) is 21.4 Å². The largest absolute Gasteiger partial charge is 0.488 e. The average Bonchev–Trinajstić information content (AvgIpc) is 2.60. The van der Waals surface area contributed by atoms with Crippen LogP contribution in [0.1, 0.15) is 29.8 Å². The summed E-state index contributed by atoms with van der Waals surface area (Å²) in [5.41, 5.74) is 1.29. The molecular weight excluding hydrogens is 342 g/mol. The summed E-state index contributed by atoms with van der Waals surface area (Å²) in [7, 11) is 0. The normalized spacial score (nSPS) is 12.9.